The van der Waals surface area contributed by atoms with Gasteiger partial charge in [-0.25, -0.2) is 0 Å². The summed E-state index contributed by atoms with van der Waals surface area (Å²) in [5, 5.41) is 3.63. The molecule has 0 bridgehead atoms. The number of hydrogen-bond acceptors (Lipinski definition) is 3. The summed E-state index contributed by atoms with van der Waals surface area (Å²) in [4.78, 5) is 6.87. The van der Waals surface area contributed by atoms with E-state index in [-0.39, 0.29) is 0 Å². The molecule has 0 amide bonds. The first-order valence-corrected chi connectivity index (χ1v) is 8.33. The maximum absolute atomic E-state index is 4.41. The molecule has 0 aliphatic heterocycles. The summed E-state index contributed by atoms with van der Waals surface area (Å²) in [5.74, 6) is 0. The number of aromatic nitrogens is 1. The molecule has 3 nitrogen and oxygen atoms in total. The fourth-order valence-corrected chi connectivity index (χ4v) is 2.70. The number of hydrogen-bond donors (Lipinski definition) is 1. The number of nitrogens with zero attached hydrogens (tertiary/aromatic N) is 2. The van der Waals surface area contributed by atoms with Gasteiger partial charge < -0.3 is 10.2 Å². The molecule has 0 aliphatic carbocycles. The van der Waals surface area contributed by atoms with Crippen LogP contribution in [0.3, 0.4) is 0 Å². The van der Waals surface area contributed by atoms with Gasteiger partial charge in [-0.2, -0.15) is 0 Å². The number of rotatable bonds is 10. The molecule has 1 rings (SSSR count). The SMILES string of the molecule is CCC(CC)(CNC(C)C)CN(C)CCc1ccccn1. The van der Waals surface area contributed by atoms with Gasteiger partial charge >= 0.3 is 0 Å². The Labute approximate surface area is 131 Å². The average molecular weight is 291 g/mol. The Morgan fingerprint density at radius 3 is 2.48 bits per heavy atom. The Kier molecular flexibility index (Phi) is 7.91. The molecule has 3 heteroatoms. The zero-order chi connectivity index (χ0) is 15.7. The van der Waals surface area contributed by atoms with Gasteiger partial charge in [0.15, 0.2) is 0 Å². The topological polar surface area (TPSA) is 28.2 Å². The maximum Gasteiger partial charge on any atom is 0.0416 e. The molecule has 0 fully saturated rings. The average Bonchev–Trinajstić information content (AvgIpc) is 2.50. The Balaban J connectivity index is 2.49. The fraction of sp³-hybridized carbons (Fsp3) is 0.722. The van der Waals surface area contributed by atoms with Gasteiger partial charge in [-0.05, 0) is 37.4 Å². The van der Waals surface area contributed by atoms with Crippen molar-refractivity contribution in [2.24, 2.45) is 5.41 Å². The molecule has 0 radical (unpaired) electrons. The van der Waals surface area contributed by atoms with Gasteiger partial charge in [0, 0.05) is 44.0 Å². The van der Waals surface area contributed by atoms with Gasteiger partial charge in [-0.15, -0.1) is 0 Å². The van der Waals surface area contributed by atoms with Crippen LogP contribution >= 0.6 is 0 Å². The zero-order valence-electron chi connectivity index (χ0n) is 14.5. The van der Waals surface area contributed by atoms with Gasteiger partial charge in [-0.1, -0.05) is 33.8 Å². The molecule has 0 atom stereocenters. The van der Waals surface area contributed by atoms with E-state index in [1.54, 1.807) is 0 Å². The van der Waals surface area contributed by atoms with Crippen LogP contribution in [0.5, 0.6) is 0 Å². The second kappa shape index (κ2) is 9.16. The number of pyridine rings is 1. The predicted molar refractivity (Wildman–Crippen MR) is 91.6 cm³/mol. The lowest BCUT2D eigenvalue weighted by molar-refractivity contribution is 0.153. The van der Waals surface area contributed by atoms with Crippen LogP contribution in [0.15, 0.2) is 24.4 Å². The first-order chi connectivity index (χ1) is 10.0. The summed E-state index contributed by atoms with van der Waals surface area (Å²) in [6, 6.07) is 6.71. The van der Waals surface area contributed by atoms with Gasteiger partial charge in [0.05, 0.1) is 0 Å². The molecular weight excluding hydrogens is 258 g/mol. The Morgan fingerprint density at radius 2 is 1.95 bits per heavy atom. The van der Waals surface area contributed by atoms with Crippen molar-refractivity contribution in [3.05, 3.63) is 30.1 Å². The molecule has 0 unspecified atom stereocenters. The van der Waals surface area contributed by atoms with E-state index in [9.17, 15) is 0 Å². The third kappa shape index (κ3) is 6.58. The monoisotopic (exact) mass is 291 g/mol. The van der Waals surface area contributed by atoms with Crippen LogP contribution in [0.4, 0.5) is 0 Å². The maximum atomic E-state index is 4.41. The highest BCUT2D eigenvalue weighted by Crippen LogP contribution is 2.26. The largest absolute Gasteiger partial charge is 0.314 e. The molecule has 0 spiro atoms. The summed E-state index contributed by atoms with van der Waals surface area (Å²) in [5.41, 5.74) is 1.56. The van der Waals surface area contributed by atoms with Gasteiger partial charge in [0.2, 0.25) is 0 Å². The number of nitrogens with one attached hydrogen (secondary N) is 1. The van der Waals surface area contributed by atoms with Crippen LogP contribution in [0, 0.1) is 5.41 Å². The predicted octanol–water partition coefficient (Wildman–Crippen LogP) is 3.36. The minimum atomic E-state index is 0.378. The zero-order valence-corrected chi connectivity index (χ0v) is 14.5. The van der Waals surface area contributed by atoms with Crippen molar-refractivity contribution in [3.8, 4) is 0 Å². The van der Waals surface area contributed by atoms with Crippen molar-refractivity contribution in [2.75, 3.05) is 26.7 Å². The number of likely N-dealkylation sites (N-methyl/N-ethyl adjacent to an activating group) is 1. The molecule has 0 saturated carbocycles. The van der Waals surface area contributed by atoms with E-state index in [0.29, 0.717) is 11.5 Å². The molecule has 0 aromatic carbocycles. The van der Waals surface area contributed by atoms with E-state index in [4.69, 9.17) is 0 Å². The van der Waals surface area contributed by atoms with E-state index in [2.05, 4.69) is 62.1 Å². The molecular formula is C18H33N3. The minimum absolute atomic E-state index is 0.378. The third-order valence-corrected chi connectivity index (χ3v) is 4.47. The Hall–Kier alpha value is -0.930. The van der Waals surface area contributed by atoms with E-state index >= 15 is 0 Å². The van der Waals surface area contributed by atoms with Gasteiger partial charge in [-0.3, -0.25) is 4.98 Å². The molecule has 120 valence electrons. The van der Waals surface area contributed by atoms with Crippen molar-refractivity contribution in [1.82, 2.24) is 15.2 Å². The molecule has 1 aromatic heterocycles. The lowest BCUT2D eigenvalue weighted by Gasteiger charge is -2.36. The van der Waals surface area contributed by atoms with Crippen LogP contribution in [0.1, 0.15) is 46.2 Å². The van der Waals surface area contributed by atoms with Gasteiger partial charge in [0.1, 0.15) is 0 Å². The summed E-state index contributed by atoms with van der Waals surface area (Å²) >= 11 is 0. The quantitative estimate of drug-likeness (QED) is 0.716. The van der Waals surface area contributed by atoms with E-state index in [1.807, 2.05) is 12.3 Å². The smallest absolute Gasteiger partial charge is 0.0416 e. The first-order valence-electron chi connectivity index (χ1n) is 8.33. The second-order valence-electron chi connectivity index (χ2n) is 6.55. The van der Waals surface area contributed by atoms with Crippen LogP contribution < -0.4 is 5.32 Å². The van der Waals surface area contributed by atoms with Crippen LogP contribution in [-0.2, 0) is 6.42 Å². The van der Waals surface area contributed by atoms with Crippen molar-refractivity contribution >= 4 is 0 Å². The van der Waals surface area contributed by atoms with Crippen molar-refractivity contribution in [3.63, 3.8) is 0 Å². The molecule has 0 saturated heterocycles. The molecule has 21 heavy (non-hydrogen) atoms. The summed E-state index contributed by atoms with van der Waals surface area (Å²) in [7, 11) is 2.23. The Bertz CT molecular complexity index is 371. The molecule has 0 aliphatic rings. The van der Waals surface area contributed by atoms with E-state index in [1.165, 1.54) is 18.5 Å². The normalized spacial score (nSPS) is 12.3. The van der Waals surface area contributed by atoms with Gasteiger partial charge in [0.25, 0.3) is 0 Å². The lowest BCUT2D eigenvalue weighted by atomic mass is 9.81. The van der Waals surface area contributed by atoms with Crippen LogP contribution in [0.25, 0.3) is 0 Å². The molecule has 1 aromatic rings. The summed E-state index contributed by atoms with van der Waals surface area (Å²) < 4.78 is 0. The van der Waals surface area contributed by atoms with Crippen LogP contribution in [0.2, 0.25) is 0 Å². The highest BCUT2D eigenvalue weighted by molar-refractivity contribution is 5.03. The second-order valence-corrected chi connectivity index (χ2v) is 6.55. The molecule has 1 heterocycles. The van der Waals surface area contributed by atoms with Crippen molar-refractivity contribution < 1.29 is 0 Å². The van der Waals surface area contributed by atoms with E-state index < -0.39 is 0 Å². The van der Waals surface area contributed by atoms with Crippen molar-refractivity contribution in [1.29, 1.82) is 0 Å². The summed E-state index contributed by atoms with van der Waals surface area (Å²) in [6.45, 7) is 12.4. The highest BCUT2D eigenvalue weighted by Gasteiger charge is 2.27. The van der Waals surface area contributed by atoms with E-state index in [0.717, 1.165) is 26.1 Å². The summed E-state index contributed by atoms with van der Waals surface area (Å²) in [6.07, 6.45) is 5.34. The standard InChI is InChI=1S/C18H33N3/c1-6-18(7-2,14-20-16(3)4)15-21(5)13-11-17-10-8-9-12-19-17/h8-10,12,16,20H,6-7,11,13-15H2,1-5H3. The minimum Gasteiger partial charge on any atom is -0.314 e. The third-order valence-electron chi connectivity index (χ3n) is 4.47. The highest BCUT2D eigenvalue weighted by atomic mass is 15.1. The van der Waals surface area contributed by atoms with Crippen LogP contribution in [-0.4, -0.2) is 42.6 Å². The Morgan fingerprint density at radius 1 is 1.24 bits per heavy atom. The lowest BCUT2D eigenvalue weighted by Crippen LogP contribution is -2.44. The fourth-order valence-electron chi connectivity index (χ4n) is 2.70. The van der Waals surface area contributed by atoms with Crippen molar-refractivity contribution in [2.45, 2.75) is 53.0 Å². The molecule has 1 N–H and O–H groups in total. The first kappa shape index (κ1) is 18.1.